The number of hydrogen-bond donors (Lipinski definition) is 0. The van der Waals surface area contributed by atoms with Gasteiger partial charge in [0, 0.05) is 12.8 Å². The van der Waals surface area contributed by atoms with E-state index in [2.05, 4.69) is 50.3 Å². The van der Waals surface area contributed by atoms with E-state index < -0.39 is 26.5 Å². The van der Waals surface area contributed by atoms with Gasteiger partial charge in [-0.25, -0.2) is 0 Å². The number of likely N-dealkylation sites (N-methyl/N-ethyl adjacent to an activating group) is 1. The standard InChI is InChI=1S/C66H126NO8P/c1-6-8-10-12-14-16-18-20-22-24-26-28-29-30-31-32-33-34-35-36-37-39-41-43-45-47-49-51-53-55-57-59-66(69)75-64(63-74-76(70,71)73-61-60-67(3,4)5)62-72-65(68)58-56-54-52-50-48-46-44-42-40-38-27-25-23-21-19-17-15-13-11-9-7-2/h18,20,24-27,64H,6-17,19,21-23,28-63H2,1-5H3/b20-18-,26-24-,27-25-. The molecule has 2 atom stereocenters. The molecule has 0 aromatic carbocycles. The van der Waals surface area contributed by atoms with Crippen LogP contribution in [0.1, 0.15) is 322 Å². The molecule has 0 aliphatic heterocycles. The van der Waals surface area contributed by atoms with Crippen LogP contribution < -0.4 is 4.89 Å². The highest BCUT2D eigenvalue weighted by Gasteiger charge is 2.22. The number of quaternary nitrogens is 1. The molecule has 2 unspecified atom stereocenters. The lowest BCUT2D eigenvalue weighted by Gasteiger charge is -2.28. The minimum absolute atomic E-state index is 0.0290. The second-order valence-corrected chi connectivity index (χ2v) is 24.9. The summed E-state index contributed by atoms with van der Waals surface area (Å²) >= 11 is 0. The molecule has 0 saturated heterocycles. The first kappa shape index (κ1) is 74.2. The van der Waals surface area contributed by atoms with Crippen LogP contribution in [-0.2, 0) is 32.7 Å². The number of unbranched alkanes of at least 4 members (excludes halogenated alkanes) is 41. The molecule has 0 amide bonds. The van der Waals surface area contributed by atoms with Crippen LogP contribution in [0.4, 0.5) is 0 Å². The lowest BCUT2D eigenvalue weighted by molar-refractivity contribution is -0.870. The van der Waals surface area contributed by atoms with Crippen LogP contribution >= 0.6 is 7.82 Å². The number of phosphoric ester groups is 1. The Morgan fingerprint density at radius 1 is 0.408 bits per heavy atom. The molecule has 0 bridgehead atoms. The van der Waals surface area contributed by atoms with Gasteiger partial charge < -0.3 is 27.9 Å². The monoisotopic (exact) mass is 1090 g/mol. The summed E-state index contributed by atoms with van der Waals surface area (Å²) in [6.45, 7) is 4.28. The average Bonchev–Trinajstić information content (AvgIpc) is 3.38. The summed E-state index contributed by atoms with van der Waals surface area (Å²) < 4.78 is 34.3. The number of carbonyl (C=O) groups excluding carboxylic acids is 2. The molecule has 0 aromatic rings. The van der Waals surface area contributed by atoms with Crippen LogP contribution in [0.3, 0.4) is 0 Å². The molecule has 0 fully saturated rings. The molecule has 0 aliphatic carbocycles. The van der Waals surface area contributed by atoms with Gasteiger partial charge in [-0.3, -0.25) is 14.2 Å². The fourth-order valence-electron chi connectivity index (χ4n) is 9.57. The van der Waals surface area contributed by atoms with Gasteiger partial charge in [0.15, 0.2) is 6.10 Å². The number of esters is 2. The molecule has 448 valence electrons. The van der Waals surface area contributed by atoms with Crippen LogP contribution in [-0.4, -0.2) is 70.0 Å². The summed E-state index contributed by atoms with van der Waals surface area (Å²) in [6.07, 6.45) is 72.1. The Bertz CT molecular complexity index is 1380. The van der Waals surface area contributed by atoms with Crippen LogP contribution in [0.25, 0.3) is 0 Å². The minimum atomic E-state index is -4.64. The molecular formula is C66H126NO8P. The van der Waals surface area contributed by atoms with Gasteiger partial charge in [0.2, 0.25) is 0 Å². The van der Waals surface area contributed by atoms with Gasteiger partial charge in [-0.05, 0) is 70.6 Å². The first-order chi connectivity index (χ1) is 37.0. The van der Waals surface area contributed by atoms with Crippen molar-refractivity contribution in [3.05, 3.63) is 36.5 Å². The van der Waals surface area contributed by atoms with Gasteiger partial charge >= 0.3 is 11.9 Å². The first-order valence-corrected chi connectivity index (χ1v) is 34.2. The zero-order valence-corrected chi connectivity index (χ0v) is 51.9. The molecule has 9 nitrogen and oxygen atoms in total. The summed E-state index contributed by atoms with van der Waals surface area (Å²) in [4.78, 5) is 38.0. The van der Waals surface area contributed by atoms with E-state index in [-0.39, 0.29) is 32.0 Å². The molecule has 0 aliphatic rings. The highest BCUT2D eigenvalue weighted by Crippen LogP contribution is 2.38. The van der Waals surface area contributed by atoms with Crippen molar-refractivity contribution in [1.82, 2.24) is 0 Å². The first-order valence-electron chi connectivity index (χ1n) is 32.7. The van der Waals surface area contributed by atoms with E-state index in [1.807, 2.05) is 21.1 Å². The number of rotatable bonds is 61. The number of hydrogen-bond acceptors (Lipinski definition) is 8. The summed E-state index contributed by atoms with van der Waals surface area (Å²) in [5.41, 5.74) is 0. The van der Waals surface area contributed by atoms with E-state index in [1.165, 1.54) is 250 Å². The van der Waals surface area contributed by atoms with Crippen molar-refractivity contribution < 1.29 is 42.1 Å². The molecule has 0 rings (SSSR count). The maximum atomic E-state index is 12.8. The van der Waals surface area contributed by atoms with Gasteiger partial charge in [0.1, 0.15) is 19.8 Å². The fourth-order valence-corrected chi connectivity index (χ4v) is 10.3. The van der Waals surface area contributed by atoms with Crippen LogP contribution in [0.15, 0.2) is 36.5 Å². The molecule has 0 saturated carbocycles. The van der Waals surface area contributed by atoms with Crippen molar-refractivity contribution in [2.75, 3.05) is 47.5 Å². The molecule has 0 radical (unpaired) electrons. The summed E-state index contributed by atoms with van der Waals surface area (Å²) in [5.74, 6) is -0.819. The zero-order chi connectivity index (χ0) is 55.6. The second kappa shape index (κ2) is 57.9. The number of carbonyl (C=O) groups is 2. The van der Waals surface area contributed by atoms with Crippen LogP contribution in [0.5, 0.6) is 0 Å². The zero-order valence-electron chi connectivity index (χ0n) is 51.0. The van der Waals surface area contributed by atoms with Crippen molar-refractivity contribution in [2.45, 2.75) is 328 Å². The average molecular weight is 1090 g/mol. The number of ether oxygens (including phenoxy) is 2. The molecule has 10 heteroatoms. The van der Waals surface area contributed by atoms with Crippen LogP contribution in [0, 0.1) is 0 Å². The Labute approximate surface area is 471 Å². The third-order valence-corrected chi connectivity index (χ3v) is 15.6. The van der Waals surface area contributed by atoms with E-state index in [4.69, 9.17) is 18.5 Å². The smallest absolute Gasteiger partial charge is 0.306 e. The number of allylic oxidation sites excluding steroid dienone is 6. The number of nitrogens with zero attached hydrogens (tertiary/aromatic N) is 1. The van der Waals surface area contributed by atoms with E-state index in [1.54, 1.807) is 0 Å². The third kappa shape index (κ3) is 61.4. The van der Waals surface area contributed by atoms with E-state index in [0.717, 1.165) is 38.5 Å². The molecule has 0 heterocycles. The van der Waals surface area contributed by atoms with Crippen molar-refractivity contribution >= 4 is 19.8 Å². The lowest BCUT2D eigenvalue weighted by atomic mass is 10.0. The summed E-state index contributed by atoms with van der Waals surface area (Å²) in [7, 11) is 1.18. The Balaban J connectivity index is 4.03. The molecule has 0 N–H and O–H groups in total. The maximum Gasteiger partial charge on any atom is 0.306 e. The van der Waals surface area contributed by atoms with Crippen LogP contribution in [0.2, 0.25) is 0 Å². The third-order valence-electron chi connectivity index (χ3n) is 14.6. The van der Waals surface area contributed by atoms with E-state index in [9.17, 15) is 19.0 Å². The topological polar surface area (TPSA) is 111 Å². The van der Waals surface area contributed by atoms with Gasteiger partial charge in [-0.15, -0.1) is 0 Å². The summed E-state index contributed by atoms with van der Waals surface area (Å²) in [5, 5.41) is 0. The molecule has 0 spiro atoms. The Morgan fingerprint density at radius 2 is 0.711 bits per heavy atom. The van der Waals surface area contributed by atoms with Crippen molar-refractivity contribution in [2.24, 2.45) is 0 Å². The Kier molecular flexibility index (Phi) is 56.6. The predicted molar refractivity (Wildman–Crippen MR) is 324 cm³/mol. The Hall–Kier alpha value is -1.77. The minimum Gasteiger partial charge on any atom is -0.756 e. The molecule has 0 aromatic heterocycles. The normalized spacial score (nSPS) is 13.4. The van der Waals surface area contributed by atoms with Gasteiger partial charge in [0.05, 0.1) is 27.7 Å². The van der Waals surface area contributed by atoms with Crippen molar-refractivity contribution in [3.8, 4) is 0 Å². The van der Waals surface area contributed by atoms with Gasteiger partial charge in [-0.2, -0.15) is 0 Å². The van der Waals surface area contributed by atoms with Gasteiger partial charge in [0.25, 0.3) is 7.82 Å². The predicted octanol–water partition coefficient (Wildman–Crippen LogP) is 20.1. The quantitative estimate of drug-likeness (QED) is 0.0195. The summed E-state index contributed by atoms with van der Waals surface area (Å²) in [6, 6.07) is 0. The Morgan fingerprint density at radius 3 is 1.05 bits per heavy atom. The van der Waals surface area contributed by atoms with E-state index >= 15 is 0 Å². The number of phosphoric acid groups is 1. The largest absolute Gasteiger partial charge is 0.756 e. The fraction of sp³-hybridized carbons (Fsp3) is 0.879. The second-order valence-electron chi connectivity index (χ2n) is 23.5. The van der Waals surface area contributed by atoms with Crippen molar-refractivity contribution in [1.29, 1.82) is 0 Å². The highest BCUT2D eigenvalue weighted by molar-refractivity contribution is 7.45. The van der Waals surface area contributed by atoms with Crippen molar-refractivity contribution in [3.63, 3.8) is 0 Å². The SMILES string of the molecule is CCCCCCC/C=C\C/C=C\CCCCCCCCCCCCCCCCCCCCCC(=O)OC(COC(=O)CCCCCCCCCCC/C=C\CCCCCCCCCC)COP(=O)([O-])OCC[N+](C)(C)C. The highest BCUT2D eigenvalue weighted by atomic mass is 31.2. The molecule has 76 heavy (non-hydrogen) atoms. The lowest BCUT2D eigenvalue weighted by Crippen LogP contribution is -2.37. The van der Waals surface area contributed by atoms with Gasteiger partial charge in [-0.1, -0.05) is 275 Å². The van der Waals surface area contributed by atoms with E-state index in [0.29, 0.717) is 17.4 Å². The molecular weight excluding hydrogens is 966 g/mol. The maximum absolute atomic E-state index is 12.8.